The lowest BCUT2D eigenvalue weighted by Gasteiger charge is -2.14. The lowest BCUT2D eigenvalue weighted by Crippen LogP contribution is -2.18. The summed E-state index contributed by atoms with van der Waals surface area (Å²) < 4.78 is 12.8. The Morgan fingerprint density at radius 2 is 2.36 bits per heavy atom. The summed E-state index contributed by atoms with van der Waals surface area (Å²) in [6.07, 6.45) is 1.21. The van der Waals surface area contributed by atoms with E-state index in [1.165, 1.54) is 18.2 Å². The van der Waals surface area contributed by atoms with Gasteiger partial charge in [0.1, 0.15) is 5.82 Å². The van der Waals surface area contributed by atoms with Crippen molar-refractivity contribution < 1.29 is 4.39 Å². The zero-order chi connectivity index (χ0) is 9.97. The molecule has 0 amide bonds. The summed E-state index contributed by atoms with van der Waals surface area (Å²) in [5.41, 5.74) is 2.06. The van der Waals surface area contributed by atoms with Crippen LogP contribution in [-0.2, 0) is 0 Å². The predicted molar refractivity (Wildman–Crippen MR) is 60.5 cm³/mol. The highest BCUT2D eigenvalue weighted by Gasteiger charge is 2.15. The fraction of sp³-hybridized carbons (Fsp3) is 0.455. The van der Waals surface area contributed by atoms with Gasteiger partial charge in [-0.2, -0.15) is 11.8 Å². The molecule has 0 aromatic heterocycles. The number of hydrogen-bond acceptors (Lipinski definition) is 2. The van der Waals surface area contributed by atoms with Crippen LogP contribution in [0, 0.1) is 12.7 Å². The monoisotopic (exact) mass is 211 g/mol. The molecular formula is C11H14FNS. The Balaban J connectivity index is 2.08. The maximum Gasteiger partial charge on any atom is 0.123 e. The maximum absolute atomic E-state index is 12.8. The second-order valence-corrected chi connectivity index (χ2v) is 4.81. The van der Waals surface area contributed by atoms with Gasteiger partial charge in [0.15, 0.2) is 0 Å². The quantitative estimate of drug-likeness (QED) is 0.807. The van der Waals surface area contributed by atoms with Gasteiger partial charge in [-0.1, -0.05) is 0 Å². The summed E-state index contributed by atoms with van der Waals surface area (Å²) in [6, 6.07) is 5.47. The van der Waals surface area contributed by atoms with Gasteiger partial charge in [0, 0.05) is 17.5 Å². The smallest absolute Gasteiger partial charge is 0.123 e. The van der Waals surface area contributed by atoms with Crippen molar-refractivity contribution in [3.8, 4) is 0 Å². The number of halogens is 1. The van der Waals surface area contributed by atoms with E-state index in [0.29, 0.717) is 6.04 Å². The largest absolute Gasteiger partial charge is 0.381 e. The molecule has 1 aliphatic heterocycles. The highest BCUT2D eigenvalue weighted by Crippen LogP contribution is 2.23. The number of thioether (sulfide) groups is 1. The summed E-state index contributed by atoms with van der Waals surface area (Å²) in [7, 11) is 0. The van der Waals surface area contributed by atoms with Crippen LogP contribution in [0.25, 0.3) is 0 Å². The van der Waals surface area contributed by atoms with Gasteiger partial charge < -0.3 is 5.32 Å². The van der Waals surface area contributed by atoms with E-state index in [9.17, 15) is 4.39 Å². The Hall–Kier alpha value is -0.700. The Labute approximate surface area is 88.1 Å². The third-order valence-corrected chi connectivity index (χ3v) is 3.64. The zero-order valence-electron chi connectivity index (χ0n) is 8.22. The van der Waals surface area contributed by atoms with E-state index >= 15 is 0 Å². The number of rotatable bonds is 2. The highest BCUT2D eigenvalue weighted by atomic mass is 32.2. The molecule has 1 N–H and O–H groups in total. The van der Waals surface area contributed by atoms with Crippen LogP contribution >= 0.6 is 11.8 Å². The first-order valence-electron chi connectivity index (χ1n) is 4.86. The van der Waals surface area contributed by atoms with Crippen molar-refractivity contribution in [2.75, 3.05) is 16.8 Å². The molecule has 0 bridgehead atoms. The van der Waals surface area contributed by atoms with Crippen LogP contribution in [0.5, 0.6) is 0 Å². The van der Waals surface area contributed by atoms with E-state index in [1.54, 1.807) is 6.07 Å². The third-order valence-electron chi connectivity index (χ3n) is 2.48. The number of aryl methyl sites for hydroxylation is 1. The van der Waals surface area contributed by atoms with E-state index in [2.05, 4.69) is 5.32 Å². The van der Waals surface area contributed by atoms with Gasteiger partial charge in [0.05, 0.1) is 0 Å². The molecule has 3 heteroatoms. The molecule has 2 rings (SSSR count). The minimum absolute atomic E-state index is 0.158. The molecule has 76 valence electrons. The van der Waals surface area contributed by atoms with Crippen LogP contribution in [0.15, 0.2) is 18.2 Å². The van der Waals surface area contributed by atoms with Crippen LogP contribution in [0.2, 0.25) is 0 Å². The Bertz CT molecular complexity index is 321. The fourth-order valence-corrected chi connectivity index (χ4v) is 2.81. The third kappa shape index (κ3) is 2.21. The zero-order valence-corrected chi connectivity index (χ0v) is 9.03. The Morgan fingerprint density at radius 1 is 1.50 bits per heavy atom. The average molecular weight is 211 g/mol. The number of nitrogens with one attached hydrogen (secondary N) is 1. The summed E-state index contributed by atoms with van der Waals surface area (Å²) in [4.78, 5) is 0. The lowest BCUT2D eigenvalue weighted by atomic mass is 10.1. The number of anilines is 1. The molecule has 1 saturated heterocycles. The van der Waals surface area contributed by atoms with Crippen molar-refractivity contribution in [1.82, 2.24) is 0 Å². The molecule has 1 nitrogen and oxygen atoms in total. The summed E-state index contributed by atoms with van der Waals surface area (Å²) in [6.45, 7) is 1.94. The SMILES string of the molecule is Cc1cc(F)ccc1NC1CCSC1. The predicted octanol–water partition coefficient (Wildman–Crippen LogP) is 3.05. The molecule has 1 atom stereocenters. The number of hydrogen-bond donors (Lipinski definition) is 1. The second kappa shape index (κ2) is 4.22. The molecule has 0 spiro atoms. The van der Waals surface area contributed by atoms with Gasteiger partial charge in [-0.15, -0.1) is 0 Å². The van der Waals surface area contributed by atoms with Crippen LogP contribution in [0.3, 0.4) is 0 Å². The average Bonchev–Trinajstić information content (AvgIpc) is 2.62. The minimum Gasteiger partial charge on any atom is -0.381 e. The minimum atomic E-state index is -0.158. The van der Waals surface area contributed by atoms with Crippen LogP contribution < -0.4 is 5.32 Å². The summed E-state index contributed by atoms with van der Waals surface area (Å²) >= 11 is 1.97. The van der Waals surface area contributed by atoms with E-state index in [1.807, 2.05) is 24.8 Å². The second-order valence-electron chi connectivity index (χ2n) is 3.66. The van der Waals surface area contributed by atoms with Crippen molar-refractivity contribution >= 4 is 17.4 Å². The van der Waals surface area contributed by atoms with Gasteiger partial charge in [0.2, 0.25) is 0 Å². The normalized spacial score (nSPS) is 21.1. The van der Waals surface area contributed by atoms with Crippen molar-refractivity contribution in [3.63, 3.8) is 0 Å². The molecule has 0 radical (unpaired) electrons. The maximum atomic E-state index is 12.8. The summed E-state index contributed by atoms with van der Waals surface area (Å²) in [5.74, 6) is 2.24. The van der Waals surface area contributed by atoms with Gasteiger partial charge in [-0.25, -0.2) is 4.39 Å². The molecule has 1 unspecified atom stereocenters. The van der Waals surface area contributed by atoms with E-state index in [0.717, 1.165) is 17.0 Å². The van der Waals surface area contributed by atoms with Crippen molar-refractivity contribution in [2.45, 2.75) is 19.4 Å². The molecular weight excluding hydrogens is 197 g/mol. The standard InChI is InChI=1S/C11H14FNS/c1-8-6-9(12)2-3-11(8)13-10-4-5-14-7-10/h2-3,6,10,13H,4-5,7H2,1H3. The van der Waals surface area contributed by atoms with Crippen LogP contribution in [0.1, 0.15) is 12.0 Å². The van der Waals surface area contributed by atoms with Crippen molar-refractivity contribution in [3.05, 3.63) is 29.6 Å². The van der Waals surface area contributed by atoms with Gasteiger partial charge in [-0.05, 0) is 42.9 Å². The molecule has 1 fully saturated rings. The first kappa shape index (κ1) is 9.84. The Morgan fingerprint density at radius 3 is 3.00 bits per heavy atom. The van der Waals surface area contributed by atoms with Crippen LogP contribution in [-0.4, -0.2) is 17.5 Å². The lowest BCUT2D eigenvalue weighted by molar-refractivity contribution is 0.626. The highest BCUT2D eigenvalue weighted by molar-refractivity contribution is 7.99. The van der Waals surface area contributed by atoms with E-state index in [4.69, 9.17) is 0 Å². The molecule has 1 aromatic rings. The van der Waals surface area contributed by atoms with Gasteiger partial charge in [0.25, 0.3) is 0 Å². The molecule has 14 heavy (non-hydrogen) atoms. The number of benzene rings is 1. The Kier molecular flexibility index (Phi) is 2.96. The first-order valence-corrected chi connectivity index (χ1v) is 6.01. The van der Waals surface area contributed by atoms with Gasteiger partial charge in [-0.3, -0.25) is 0 Å². The summed E-state index contributed by atoms with van der Waals surface area (Å²) in [5, 5.41) is 3.45. The molecule has 1 heterocycles. The van der Waals surface area contributed by atoms with Crippen LogP contribution in [0.4, 0.5) is 10.1 Å². The topological polar surface area (TPSA) is 12.0 Å². The molecule has 0 aliphatic carbocycles. The molecule has 1 aliphatic rings. The van der Waals surface area contributed by atoms with E-state index in [-0.39, 0.29) is 5.82 Å². The van der Waals surface area contributed by atoms with Crippen molar-refractivity contribution in [1.29, 1.82) is 0 Å². The van der Waals surface area contributed by atoms with Crippen molar-refractivity contribution in [2.24, 2.45) is 0 Å². The molecule has 0 saturated carbocycles. The fourth-order valence-electron chi connectivity index (χ4n) is 1.66. The molecule has 1 aromatic carbocycles. The first-order chi connectivity index (χ1) is 6.75. The van der Waals surface area contributed by atoms with Gasteiger partial charge >= 0.3 is 0 Å². The van der Waals surface area contributed by atoms with E-state index < -0.39 is 0 Å².